The third-order valence-electron chi connectivity index (χ3n) is 4.97. The van der Waals surface area contributed by atoms with Gasteiger partial charge in [0.25, 0.3) is 5.91 Å². The molecule has 33 heavy (non-hydrogen) atoms. The lowest BCUT2D eigenvalue weighted by Gasteiger charge is -2.18. The summed E-state index contributed by atoms with van der Waals surface area (Å²) in [5, 5.41) is 0. The van der Waals surface area contributed by atoms with Crippen LogP contribution in [0.5, 0.6) is 0 Å². The molecule has 0 aliphatic carbocycles. The van der Waals surface area contributed by atoms with E-state index < -0.39 is 25.8 Å². The fourth-order valence-corrected chi connectivity index (χ4v) is 6.49. The molecular weight excluding hydrogens is 482 g/mol. The molecule has 0 saturated carbocycles. The van der Waals surface area contributed by atoms with Gasteiger partial charge in [0.15, 0.2) is 14.6 Å². The van der Waals surface area contributed by atoms with E-state index in [0.29, 0.717) is 28.1 Å². The lowest BCUT2D eigenvalue weighted by atomic mass is 10.2. The summed E-state index contributed by atoms with van der Waals surface area (Å²) in [5.41, 5.74) is 0.882. The molecular formula is C22H23N3O5S3. The third-order valence-corrected chi connectivity index (χ3v) is 9.19. The quantitative estimate of drug-likeness (QED) is 0.459. The Bertz CT molecular complexity index is 1520. The van der Waals surface area contributed by atoms with Crippen molar-refractivity contribution in [3.05, 3.63) is 52.8 Å². The highest BCUT2D eigenvalue weighted by Gasteiger charge is 2.21. The molecule has 0 unspecified atom stereocenters. The Kier molecular flexibility index (Phi) is 7.23. The number of hydrogen-bond acceptors (Lipinski definition) is 6. The van der Waals surface area contributed by atoms with Gasteiger partial charge in [-0.3, -0.25) is 4.79 Å². The van der Waals surface area contributed by atoms with Gasteiger partial charge >= 0.3 is 0 Å². The lowest BCUT2D eigenvalue weighted by molar-refractivity contribution is 0.0997. The average Bonchev–Trinajstić information content (AvgIpc) is 3.10. The number of carbonyl (C=O) groups is 1. The number of sulfone groups is 1. The minimum Gasteiger partial charge on any atom is -0.305 e. The molecule has 0 fully saturated rings. The molecule has 0 radical (unpaired) electrons. The molecule has 2 aromatic carbocycles. The molecule has 11 heteroatoms. The SMILES string of the molecule is C#CCn1c(=NC(=O)c2ccc(S(=O)(=O)N(CC)CC)cc2)sc2cc(S(C)(=O)=O)ccc21. The van der Waals surface area contributed by atoms with Crippen LogP contribution in [0.15, 0.2) is 57.2 Å². The van der Waals surface area contributed by atoms with Crippen molar-refractivity contribution >= 4 is 47.3 Å². The molecule has 0 atom stereocenters. The number of aromatic nitrogens is 1. The Balaban J connectivity index is 2.04. The van der Waals surface area contributed by atoms with Gasteiger partial charge in [-0.1, -0.05) is 31.1 Å². The van der Waals surface area contributed by atoms with E-state index in [2.05, 4.69) is 10.9 Å². The summed E-state index contributed by atoms with van der Waals surface area (Å²) >= 11 is 1.15. The maximum absolute atomic E-state index is 12.8. The molecule has 8 nitrogen and oxygen atoms in total. The van der Waals surface area contributed by atoms with Gasteiger partial charge in [-0.15, -0.1) is 6.42 Å². The van der Waals surface area contributed by atoms with E-state index in [1.165, 1.54) is 40.7 Å². The number of benzene rings is 2. The number of hydrogen-bond donors (Lipinski definition) is 0. The Hall–Kier alpha value is -2.78. The summed E-state index contributed by atoms with van der Waals surface area (Å²) in [7, 11) is -7.03. The van der Waals surface area contributed by atoms with Gasteiger partial charge in [-0.25, -0.2) is 16.8 Å². The molecule has 1 amide bonds. The maximum Gasteiger partial charge on any atom is 0.279 e. The molecule has 0 saturated heterocycles. The van der Waals surface area contributed by atoms with E-state index in [1.807, 2.05) is 0 Å². The first kappa shape index (κ1) is 24.9. The van der Waals surface area contributed by atoms with E-state index in [1.54, 1.807) is 24.5 Å². The molecule has 174 valence electrons. The van der Waals surface area contributed by atoms with Crippen LogP contribution in [0.2, 0.25) is 0 Å². The van der Waals surface area contributed by atoms with Crippen LogP contribution >= 0.6 is 11.3 Å². The minimum absolute atomic E-state index is 0.0975. The van der Waals surface area contributed by atoms with Crippen molar-refractivity contribution < 1.29 is 21.6 Å². The summed E-state index contributed by atoms with van der Waals surface area (Å²) < 4.78 is 52.6. The predicted molar refractivity (Wildman–Crippen MR) is 128 cm³/mol. The average molecular weight is 506 g/mol. The molecule has 0 aliphatic heterocycles. The Morgan fingerprint density at radius 3 is 2.21 bits per heavy atom. The van der Waals surface area contributed by atoms with Gasteiger partial charge in [0.05, 0.1) is 26.6 Å². The number of rotatable bonds is 7. The van der Waals surface area contributed by atoms with E-state index in [4.69, 9.17) is 6.42 Å². The zero-order valence-corrected chi connectivity index (χ0v) is 20.8. The Morgan fingerprint density at radius 1 is 1.06 bits per heavy atom. The van der Waals surface area contributed by atoms with Crippen molar-refractivity contribution in [1.82, 2.24) is 8.87 Å². The summed E-state index contributed by atoms with van der Waals surface area (Å²) in [4.78, 5) is 17.5. The van der Waals surface area contributed by atoms with Crippen LogP contribution in [0, 0.1) is 12.3 Å². The number of amides is 1. The van der Waals surface area contributed by atoms with E-state index in [-0.39, 0.29) is 21.9 Å². The molecule has 0 spiro atoms. The Labute approximate surface area is 197 Å². The van der Waals surface area contributed by atoms with Crippen molar-refractivity contribution in [1.29, 1.82) is 0 Å². The second-order valence-corrected chi connectivity index (χ2v) is 12.1. The van der Waals surface area contributed by atoms with Crippen LogP contribution in [0.3, 0.4) is 0 Å². The van der Waals surface area contributed by atoms with Crippen LogP contribution in [0.4, 0.5) is 0 Å². The molecule has 3 rings (SSSR count). The second kappa shape index (κ2) is 9.61. The van der Waals surface area contributed by atoms with Gasteiger partial charge in [0, 0.05) is 24.9 Å². The highest BCUT2D eigenvalue weighted by atomic mass is 32.2. The molecule has 0 aliphatic rings. The summed E-state index contributed by atoms with van der Waals surface area (Å²) in [6.07, 6.45) is 6.60. The number of terminal acetylenes is 1. The molecule has 1 heterocycles. The van der Waals surface area contributed by atoms with Gasteiger partial charge in [-0.05, 0) is 42.5 Å². The fraction of sp³-hybridized carbons (Fsp3) is 0.273. The Morgan fingerprint density at radius 2 is 1.67 bits per heavy atom. The largest absolute Gasteiger partial charge is 0.305 e. The van der Waals surface area contributed by atoms with E-state index in [0.717, 1.165) is 17.6 Å². The van der Waals surface area contributed by atoms with E-state index >= 15 is 0 Å². The first-order chi connectivity index (χ1) is 15.5. The van der Waals surface area contributed by atoms with Crippen molar-refractivity contribution in [2.24, 2.45) is 4.99 Å². The monoisotopic (exact) mass is 505 g/mol. The van der Waals surface area contributed by atoms with Crippen molar-refractivity contribution in [3.8, 4) is 12.3 Å². The summed E-state index contributed by atoms with van der Waals surface area (Å²) in [6, 6.07) is 10.3. The van der Waals surface area contributed by atoms with Gasteiger partial charge in [-0.2, -0.15) is 9.30 Å². The van der Waals surface area contributed by atoms with Crippen LogP contribution < -0.4 is 4.80 Å². The van der Waals surface area contributed by atoms with Crippen molar-refractivity contribution in [2.45, 2.75) is 30.2 Å². The molecule has 0 N–H and O–H groups in total. The maximum atomic E-state index is 12.8. The predicted octanol–water partition coefficient (Wildman–Crippen LogP) is 2.51. The zero-order valence-electron chi connectivity index (χ0n) is 18.3. The zero-order chi connectivity index (χ0) is 24.4. The number of carbonyl (C=O) groups excluding carboxylic acids is 1. The van der Waals surface area contributed by atoms with Crippen LogP contribution in [0.25, 0.3) is 10.2 Å². The summed E-state index contributed by atoms with van der Waals surface area (Å²) in [6.45, 7) is 4.35. The third kappa shape index (κ3) is 5.09. The normalized spacial score (nSPS) is 12.9. The van der Waals surface area contributed by atoms with Crippen molar-refractivity contribution in [2.75, 3.05) is 19.3 Å². The van der Waals surface area contributed by atoms with Crippen molar-refractivity contribution in [3.63, 3.8) is 0 Å². The molecule has 1 aromatic heterocycles. The second-order valence-electron chi connectivity index (χ2n) is 7.11. The fourth-order valence-electron chi connectivity index (χ4n) is 3.25. The summed E-state index contributed by atoms with van der Waals surface area (Å²) in [5.74, 6) is 1.95. The van der Waals surface area contributed by atoms with Gasteiger partial charge in [0.2, 0.25) is 10.0 Å². The topological polar surface area (TPSA) is 106 Å². The highest BCUT2D eigenvalue weighted by Crippen LogP contribution is 2.22. The van der Waals surface area contributed by atoms with Crippen LogP contribution in [-0.2, 0) is 26.4 Å². The van der Waals surface area contributed by atoms with Crippen LogP contribution in [-0.4, -0.2) is 51.0 Å². The molecule has 3 aromatic rings. The van der Waals surface area contributed by atoms with Crippen LogP contribution in [0.1, 0.15) is 24.2 Å². The standard InChI is InChI=1S/C22H23N3O5S3/c1-5-14-25-19-13-12-18(32(4,27)28)15-20(19)31-22(25)23-21(26)16-8-10-17(11-9-16)33(29,30)24(6-2)7-3/h1,8-13,15H,6-7,14H2,2-4H3. The van der Waals surface area contributed by atoms with Gasteiger partial charge in [0.1, 0.15) is 0 Å². The number of sulfonamides is 1. The highest BCUT2D eigenvalue weighted by molar-refractivity contribution is 7.90. The lowest BCUT2D eigenvalue weighted by Crippen LogP contribution is -2.30. The first-order valence-electron chi connectivity index (χ1n) is 9.99. The smallest absolute Gasteiger partial charge is 0.279 e. The minimum atomic E-state index is -3.63. The number of fused-ring (bicyclic) bond motifs is 1. The first-order valence-corrected chi connectivity index (χ1v) is 14.1. The number of thiazole rings is 1. The number of nitrogens with zero attached hydrogens (tertiary/aromatic N) is 3. The van der Waals surface area contributed by atoms with Gasteiger partial charge < -0.3 is 4.57 Å². The van der Waals surface area contributed by atoms with E-state index in [9.17, 15) is 21.6 Å². The molecule has 0 bridgehead atoms.